The quantitative estimate of drug-likeness (QED) is 0.700. The minimum atomic E-state index is -3.47. The predicted molar refractivity (Wildman–Crippen MR) is 106 cm³/mol. The third-order valence-electron chi connectivity index (χ3n) is 3.54. The molecule has 25 heavy (non-hydrogen) atoms. The number of carbonyl (C=O) groups is 1. The van der Waals surface area contributed by atoms with Crippen LogP contribution in [0.5, 0.6) is 0 Å². The van der Waals surface area contributed by atoms with Crippen molar-refractivity contribution in [3.05, 3.63) is 46.7 Å². The lowest BCUT2D eigenvalue weighted by molar-refractivity contribution is -0.113. The second kappa shape index (κ2) is 9.38. The van der Waals surface area contributed by atoms with Crippen molar-refractivity contribution in [2.45, 2.75) is 24.5 Å². The molecule has 0 fully saturated rings. The van der Waals surface area contributed by atoms with Crippen LogP contribution in [0.25, 0.3) is 0 Å². The van der Waals surface area contributed by atoms with E-state index in [0.717, 1.165) is 5.75 Å². The molecule has 0 spiro atoms. The van der Waals surface area contributed by atoms with Gasteiger partial charge in [-0.25, -0.2) is 8.42 Å². The highest BCUT2D eigenvalue weighted by Gasteiger charge is 2.21. The SMILES string of the molecule is CCN(CC)S(=O)(=O)c1ccc(NC(=O)CSCc2cccs2)cc1. The number of thioether (sulfide) groups is 1. The standard InChI is InChI=1S/C17H22N2O3S3/c1-3-19(4-2)25(21,22)16-9-7-14(8-10-16)18-17(20)13-23-12-15-6-5-11-24-15/h5-11H,3-4,12-13H2,1-2H3,(H,18,20). The van der Waals surface area contributed by atoms with Crippen molar-refractivity contribution < 1.29 is 13.2 Å². The molecular weight excluding hydrogens is 376 g/mol. The van der Waals surface area contributed by atoms with E-state index in [4.69, 9.17) is 0 Å². The van der Waals surface area contributed by atoms with Crippen LogP contribution in [0.4, 0.5) is 5.69 Å². The molecule has 0 aliphatic carbocycles. The van der Waals surface area contributed by atoms with Gasteiger partial charge in [0, 0.05) is 29.4 Å². The van der Waals surface area contributed by atoms with E-state index in [2.05, 4.69) is 5.32 Å². The summed E-state index contributed by atoms with van der Waals surface area (Å²) in [7, 11) is -3.47. The number of carbonyl (C=O) groups excluding carboxylic acids is 1. The van der Waals surface area contributed by atoms with Crippen molar-refractivity contribution in [3.8, 4) is 0 Å². The molecule has 1 amide bonds. The highest BCUT2D eigenvalue weighted by Crippen LogP contribution is 2.20. The molecule has 0 bridgehead atoms. The van der Waals surface area contributed by atoms with Gasteiger partial charge in [-0.1, -0.05) is 19.9 Å². The molecule has 1 aromatic heterocycles. The van der Waals surface area contributed by atoms with E-state index in [1.165, 1.54) is 21.3 Å². The van der Waals surface area contributed by atoms with Crippen LogP contribution in [0.1, 0.15) is 18.7 Å². The van der Waals surface area contributed by atoms with Gasteiger partial charge in [0.1, 0.15) is 0 Å². The van der Waals surface area contributed by atoms with Crippen molar-refractivity contribution in [2.75, 3.05) is 24.2 Å². The zero-order valence-electron chi connectivity index (χ0n) is 14.3. The first kappa shape index (κ1) is 20.0. The van der Waals surface area contributed by atoms with Crippen molar-refractivity contribution in [1.29, 1.82) is 0 Å². The summed E-state index contributed by atoms with van der Waals surface area (Å²) in [6, 6.07) is 10.3. The zero-order chi connectivity index (χ0) is 18.3. The van der Waals surface area contributed by atoms with Crippen molar-refractivity contribution >= 4 is 44.7 Å². The Balaban J connectivity index is 1.90. The lowest BCUT2D eigenvalue weighted by Gasteiger charge is -2.18. The minimum Gasteiger partial charge on any atom is -0.325 e. The normalized spacial score (nSPS) is 11.6. The summed E-state index contributed by atoms with van der Waals surface area (Å²) in [5.74, 6) is 1.07. The Labute approximate surface area is 157 Å². The summed E-state index contributed by atoms with van der Waals surface area (Å²) in [4.78, 5) is 13.4. The summed E-state index contributed by atoms with van der Waals surface area (Å²) in [6.45, 7) is 4.48. The average Bonchev–Trinajstić information content (AvgIpc) is 3.09. The van der Waals surface area contributed by atoms with Gasteiger partial charge < -0.3 is 5.32 Å². The fourth-order valence-corrected chi connectivity index (χ4v) is 5.39. The molecule has 5 nitrogen and oxygen atoms in total. The molecule has 1 heterocycles. The maximum atomic E-state index is 12.4. The minimum absolute atomic E-state index is 0.0964. The van der Waals surface area contributed by atoms with Crippen LogP contribution in [0, 0.1) is 0 Å². The monoisotopic (exact) mass is 398 g/mol. The third-order valence-corrected chi connectivity index (χ3v) is 7.64. The van der Waals surface area contributed by atoms with Crippen molar-refractivity contribution in [1.82, 2.24) is 4.31 Å². The Bertz CT molecular complexity index is 768. The van der Waals surface area contributed by atoms with Gasteiger partial charge in [0.2, 0.25) is 15.9 Å². The van der Waals surface area contributed by atoms with Crippen molar-refractivity contribution in [3.63, 3.8) is 0 Å². The molecule has 136 valence electrons. The molecule has 2 rings (SSSR count). The molecule has 0 saturated carbocycles. The molecule has 1 N–H and O–H groups in total. The maximum absolute atomic E-state index is 12.4. The van der Waals surface area contributed by atoms with E-state index in [1.807, 2.05) is 31.4 Å². The predicted octanol–water partition coefficient (Wildman–Crippen LogP) is 3.65. The van der Waals surface area contributed by atoms with Crippen LogP contribution in [0.3, 0.4) is 0 Å². The number of nitrogens with one attached hydrogen (secondary N) is 1. The fourth-order valence-electron chi connectivity index (χ4n) is 2.26. The van der Waals surface area contributed by atoms with Gasteiger partial charge in [0.05, 0.1) is 10.6 Å². The molecule has 0 radical (unpaired) electrons. The van der Waals surface area contributed by atoms with Gasteiger partial charge >= 0.3 is 0 Å². The number of anilines is 1. The number of nitrogens with zero attached hydrogens (tertiary/aromatic N) is 1. The van der Waals surface area contributed by atoms with Gasteiger partial charge in [0.25, 0.3) is 0 Å². The van der Waals surface area contributed by atoms with Gasteiger partial charge in [-0.05, 0) is 35.7 Å². The summed E-state index contributed by atoms with van der Waals surface area (Å²) in [5, 5.41) is 4.81. The first-order valence-electron chi connectivity index (χ1n) is 7.97. The number of rotatable bonds is 9. The molecule has 1 aromatic carbocycles. The molecule has 0 unspecified atom stereocenters. The highest BCUT2D eigenvalue weighted by atomic mass is 32.2. The Hall–Kier alpha value is -1.35. The number of amides is 1. The molecule has 0 aliphatic rings. The Morgan fingerprint density at radius 1 is 1.16 bits per heavy atom. The number of hydrogen-bond donors (Lipinski definition) is 1. The van der Waals surface area contributed by atoms with Crippen molar-refractivity contribution in [2.24, 2.45) is 0 Å². The maximum Gasteiger partial charge on any atom is 0.243 e. The molecule has 0 saturated heterocycles. The van der Waals surface area contributed by atoms with Gasteiger partial charge in [-0.15, -0.1) is 23.1 Å². The molecule has 0 atom stereocenters. The Morgan fingerprint density at radius 3 is 2.40 bits per heavy atom. The molecule has 2 aromatic rings. The highest BCUT2D eigenvalue weighted by molar-refractivity contribution is 7.99. The number of thiophene rings is 1. The average molecular weight is 399 g/mol. The first-order valence-corrected chi connectivity index (χ1v) is 11.4. The van der Waals surface area contributed by atoms with Crippen LogP contribution in [-0.4, -0.2) is 37.5 Å². The summed E-state index contributed by atoms with van der Waals surface area (Å²) < 4.78 is 26.2. The second-order valence-electron chi connectivity index (χ2n) is 5.23. The number of benzene rings is 1. The second-order valence-corrected chi connectivity index (χ2v) is 9.19. The number of sulfonamides is 1. The lowest BCUT2D eigenvalue weighted by Crippen LogP contribution is -2.30. The molecular formula is C17H22N2O3S3. The molecule has 8 heteroatoms. The van der Waals surface area contributed by atoms with Crippen LogP contribution in [0.15, 0.2) is 46.7 Å². The van der Waals surface area contributed by atoms with Crippen LogP contribution >= 0.6 is 23.1 Å². The van der Waals surface area contributed by atoms with Crippen LogP contribution in [-0.2, 0) is 20.6 Å². The smallest absolute Gasteiger partial charge is 0.243 e. The van der Waals surface area contributed by atoms with E-state index in [9.17, 15) is 13.2 Å². The van der Waals surface area contributed by atoms with Crippen LogP contribution in [0.2, 0.25) is 0 Å². The van der Waals surface area contributed by atoms with Gasteiger partial charge in [-0.3, -0.25) is 4.79 Å². The van der Waals surface area contributed by atoms with E-state index >= 15 is 0 Å². The summed E-state index contributed by atoms with van der Waals surface area (Å²) in [6.07, 6.45) is 0. The first-order chi connectivity index (χ1) is 12.0. The molecule has 0 aliphatic heterocycles. The Morgan fingerprint density at radius 2 is 1.84 bits per heavy atom. The van der Waals surface area contributed by atoms with Gasteiger partial charge in [-0.2, -0.15) is 4.31 Å². The zero-order valence-corrected chi connectivity index (χ0v) is 16.7. The van der Waals surface area contributed by atoms with E-state index < -0.39 is 10.0 Å². The third kappa shape index (κ3) is 5.57. The van der Waals surface area contributed by atoms with E-state index in [-0.39, 0.29) is 10.8 Å². The summed E-state index contributed by atoms with van der Waals surface area (Å²) >= 11 is 3.23. The topological polar surface area (TPSA) is 66.5 Å². The lowest BCUT2D eigenvalue weighted by atomic mass is 10.3. The fraction of sp³-hybridized carbons (Fsp3) is 0.353. The van der Waals surface area contributed by atoms with E-state index in [0.29, 0.717) is 24.5 Å². The summed E-state index contributed by atoms with van der Waals surface area (Å²) in [5.41, 5.74) is 0.597. The van der Waals surface area contributed by atoms with Gasteiger partial charge in [0.15, 0.2) is 0 Å². The van der Waals surface area contributed by atoms with Crippen LogP contribution < -0.4 is 5.32 Å². The van der Waals surface area contributed by atoms with E-state index in [1.54, 1.807) is 35.2 Å². The number of hydrogen-bond acceptors (Lipinski definition) is 5. The Kier molecular flexibility index (Phi) is 7.49. The largest absolute Gasteiger partial charge is 0.325 e.